The monoisotopic (exact) mass is 177 g/mol. The van der Waals surface area contributed by atoms with Gasteiger partial charge in [-0.25, -0.2) is 0 Å². The minimum absolute atomic E-state index is 0.599. The highest BCUT2D eigenvalue weighted by Crippen LogP contribution is 2.37. The van der Waals surface area contributed by atoms with Gasteiger partial charge in [0, 0.05) is 36.8 Å². The van der Waals surface area contributed by atoms with Gasteiger partial charge in [-0.3, -0.25) is 4.68 Å². The van der Waals surface area contributed by atoms with Gasteiger partial charge in [-0.05, 0) is 19.8 Å². The Morgan fingerprint density at radius 3 is 3.15 bits per heavy atom. The van der Waals surface area contributed by atoms with E-state index < -0.39 is 0 Å². The van der Waals surface area contributed by atoms with E-state index in [0.717, 1.165) is 0 Å². The predicted molar refractivity (Wildman–Crippen MR) is 50.5 cm³/mol. The number of hydrogen-bond donors (Lipinski definition) is 1. The van der Waals surface area contributed by atoms with Gasteiger partial charge in [0.2, 0.25) is 0 Å². The van der Waals surface area contributed by atoms with Crippen LogP contribution in [0.2, 0.25) is 0 Å². The van der Waals surface area contributed by atoms with Crippen LogP contribution >= 0.6 is 0 Å². The first kappa shape index (κ1) is 7.56. The molecule has 0 amide bonds. The van der Waals surface area contributed by atoms with Crippen molar-refractivity contribution >= 4 is 0 Å². The molecule has 13 heavy (non-hydrogen) atoms. The summed E-state index contributed by atoms with van der Waals surface area (Å²) in [4.78, 5) is 0. The molecule has 1 fully saturated rings. The molecule has 1 aromatic heterocycles. The Hall–Kier alpha value is -0.830. The maximum atomic E-state index is 4.49. The summed E-state index contributed by atoms with van der Waals surface area (Å²) in [5, 5.41) is 8.14. The van der Waals surface area contributed by atoms with Gasteiger partial charge in [-0.1, -0.05) is 0 Å². The molecule has 1 saturated heterocycles. The molecule has 0 spiro atoms. The average Bonchev–Trinajstić information content (AvgIpc) is 2.58. The minimum atomic E-state index is 0.599. The maximum Gasteiger partial charge on any atom is 0.0644 e. The fourth-order valence-electron chi connectivity index (χ4n) is 2.86. The molecule has 1 aromatic rings. The first-order valence-corrected chi connectivity index (χ1v) is 5.04. The Labute approximate surface area is 78.1 Å². The van der Waals surface area contributed by atoms with Crippen molar-refractivity contribution in [3.05, 3.63) is 17.0 Å². The zero-order chi connectivity index (χ0) is 9.00. The summed E-state index contributed by atoms with van der Waals surface area (Å²) in [6.45, 7) is 2.12. The summed E-state index contributed by atoms with van der Waals surface area (Å²) in [6, 6.07) is 1.31. The third-order valence-electron chi connectivity index (χ3n) is 3.42. The van der Waals surface area contributed by atoms with Crippen molar-refractivity contribution in [2.75, 3.05) is 0 Å². The van der Waals surface area contributed by atoms with Crippen LogP contribution in [0.1, 0.15) is 35.8 Å². The highest BCUT2D eigenvalue weighted by atomic mass is 15.3. The molecule has 0 saturated carbocycles. The first-order chi connectivity index (χ1) is 6.25. The number of nitrogens with zero attached hydrogens (tertiary/aromatic N) is 2. The lowest BCUT2D eigenvalue weighted by Crippen LogP contribution is -2.32. The zero-order valence-electron chi connectivity index (χ0n) is 8.17. The van der Waals surface area contributed by atoms with Crippen molar-refractivity contribution in [1.29, 1.82) is 0 Å². The third kappa shape index (κ3) is 0.908. The second-order valence-corrected chi connectivity index (χ2v) is 4.27. The number of hydrogen-bond acceptors (Lipinski definition) is 2. The van der Waals surface area contributed by atoms with E-state index in [1.807, 2.05) is 0 Å². The van der Waals surface area contributed by atoms with E-state index in [1.165, 1.54) is 36.2 Å². The van der Waals surface area contributed by atoms with E-state index in [1.54, 1.807) is 0 Å². The zero-order valence-corrected chi connectivity index (χ0v) is 8.17. The molecule has 3 nitrogen and oxygen atoms in total. The van der Waals surface area contributed by atoms with Gasteiger partial charge >= 0.3 is 0 Å². The van der Waals surface area contributed by atoms with Crippen LogP contribution < -0.4 is 5.32 Å². The molecule has 2 bridgehead atoms. The average molecular weight is 177 g/mol. The number of rotatable bonds is 0. The molecule has 0 radical (unpaired) electrons. The SMILES string of the molecule is Cc1nn(C)c2c1[C@@H]1CC[C@H](C2)N1. The minimum Gasteiger partial charge on any atom is -0.307 e. The van der Waals surface area contributed by atoms with Crippen LogP contribution in [0, 0.1) is 6.92 Å². The molecule has 3 heterocycles. The van der Waals surface area contributed by atoms with Gasteiger partial charge in [0.15, 0.2) is 0 Å². The van der Waals surface area contributed by atoms with Crippen molar-refractivity contribution in [2.45, 2.75) is 38.3 Å². The Bertz CT molecular complexity index is 353. The molecule has 2 aliphatic rings. The van der Waals surface area contributed by atoms with E-state index in [4.69, 9.17) is 0 Å². The summed E-state index contributed by atoms with van der Waals surface area (Å²) in [6.07, 6.45) is 3.80. The normalized spacial score (nSPS) is 30.6. The molecule has 2 aliphatic heterocycles. The van der Waals surface area contributed by atoms with Gasteiger partial charge in [0.25, 0.3) is 0 Å². The van der Waals surface area contributed by atoms with Crippen molar-refractivity contribution < 1.29 is 0 Å². The number of aryl methyl sites for hydroxylation is 2. The van der Waals surface area contributed by atoms with Crippen molar-refractivity contribution in [3.8, 4) is 0 Å². The summed E-state index contributed by atoms with van der Waals surface area (Å²) < 4.78 is 2.07. The Kier molecular flexibility index (Phi) is 1.37. The number of aromatic nitrogens is 2. The van der Waals surface area contributed by atoms with Gasteiger partial charge < -0.3 is 5.32 Å². The van der Waals surface area contributed by atoms with E-state index in [9.17, 15) is 0 Å². The fourth-order valence-corrected chi connectivity index (χ4v) is 2.86. The standard InChI is InChI=1S/C10H15N3/c1-6-10-8-4-3-7(11-8)5-9(10)13(2)12-6/h7-8,11H,3-5H2,1-2H3/t7-,8+/m1/s1. The van der Waals surface area contributed by atoms with Crippen LogP contribution in [0.4, 0.5) is 0 Å². The van der Waals surface area contributed by atoms with Crippen molar-refractivity contribution in [1.82, 2.24) is 15.1 Å². The summed E-state index contributed by atoms with van der Waals surface area (Å²) in [5.41, 5.74) is 4.16. The Balaban J connectivity index is 2.18. The summed E-state index contributed by atoms with van der Waals surface area (Å²) >= 11 is 0. The largest absolute Gasteiger partial charge is 0.307 e. The lowest BCUT2D eigenvalue weighted by atomic mass is 10.0. The number of fused-ring (bicyclic) bond motifs is 4. The van der Waals surface area contributed by atoms with Gasteiger partial charge in [0.05, 0.1) is 5.69 Å². The van der Waals surface area contributed by atoms with Crippen LogP contribution in [0.15, 0.2) is 0 Å². The lowest BCUT2D eigenvalue weighted by Gasteiger charge is -2.22. The summed E-state index contributed by atoms with van der Waals surface area (Å²) in [7, 11) is 2.07. The molecule has 3 rings (SSSR count). The lowest BCUT2D eigenvalue weighted by molar-refractivity contribution is 0.497. The second-order valence-electron chi connectivity index (χ2n) is 4.27. The van der Waals surface area contributed by atoms with E-state index >= 15 is 0 Å². The third-order valence-corrected chi connectivity index (χ3v) is 3.42. The second kappa shape index (κ2) is 2.35. The van der Waals surface area contributed by atoms with Crippen LogP contribution in [0.3, 0.4) is 0 Å². The van der Waals surface area contributed by atoms with Crippen LogP contribution in [0.5, 0.6) is 0 Å². The molecule has 3 heteroatoms. The maximum absolute atomic E-state index is 4.49. The van der Waals surface area contributed by atoms with E-state index in [-0.39, 0.29) is 0 Å². The van der Waals surface area contributed by atoms with Gasteiger partial charge in [-0.2, -0.15) is 5.10 Å². The molecule has 70 valence electrons. The smallest absolute Gasteiger partial charge is 0.0644 e. The van der Waals surface area contributed by atoms with Crippen molar-refractivity contribution in [3.63, 3.8) is 0 Å². The quantitative estimate of drug-likeness (QED) is 0.642. The Morgan fingerprint density at radius 2 is 2.31 bits per heavy atom. The van der Waals surface area contributed by atoms with E-state index in [2.05, 4.69) is 29.1 Å². The van der Waals surface area contributed by atoms with Crippen molar-refractivity contribution in [2.24, 2.45) is 7.05 Å². The molecule has 1 N–H and O–H groups in total. The molecular weight excluding hydrogens is 162 g/mol. The predicted octanol–water partition coefficient (Wildman–Crippen LogP) is 1.08. The van der Waals surface area contributed by atoms with Crippen LogP contribution in [-0.2, 0) is 13.5 Å². The number of nitrogens with one attached hydrogen (secondary N) is 1. The van der Waals surface area contributed by atoms with Crippen LogP contribution in [-0.4, -0.2) is 15.8 Å². The Morgan fingerprint density at radius 1 is 1.46 bits per heavy atom. The van der Waals surface area contributed by atoms with Gasteiger partial charge in [-0.15, -0.1) is 0 Å². The summed E-state index contributed by atoms with van der Waals surface area (Å²) in [5.74, 6) is 0. The molecular formula is C10H15N3. The highest BCUT2D eigenvalue weighted by molar-refractivity contribution is 5.34. The molecule has 0 aliphatic carbocycles. The molecule has 0 aromatic carbocycles. The fraction of sp³-hybridized carbons (Fsp3) is 0.700. The molecule has 2 atom stereocenters. The molecule has 0 unspecified atom stereocenters. The van der Waals surface area contributed by atoms with E-state index in [0.29, 0.717) is 12.1 Å². The first-order valence-electron chi connectivity index (χ1n) is 5.04. The highest BCUT2D eigenvalue weighted by Gasteiger charge is 2.35. The van der Waals surface area contributed by atoms with Gasteiger partial charge in [0.1, 0.15) is 0 Å². The van der Waals surface area contributed by atoms with Crippen LogP contribution in [0.25, 0.3) is 0 Å². The topological polar surface area (TPSA) is 29.9 Å².